The van der Waals surface area contributed by atoms with E-state index in [2.05, 4.69) is 17.1 Å². The van der Waals surface area contributed by atoms with Gasteiger partial charge in [-0.05, 0) is 23.3 Å². The highest BCUT2D eigenvalue weighted by Crippen LogP contribution is 2.25. The van der Waals surface area contributed by atoms with Crippen molar-refractivity contribution in [1.82, 2.24) is 14.5 Å². The summed E-state index contributed by atoms with van der Waals surface area (Å²) in [6.45, 7) is 0.980. The van der Waals surface area contributed by atoms with Crippen molar-refractivity contribution < 1.29 is 9.21 Å². The first-order valence-corrected chi connectivity index (χ1v) is 10.7. The molecule has 0 aliphatic heterocycles. The van der Waals surface area contributed by atoms with Crippen LogP contribution in [-0.4, -0.2) is 26.1 Å². The van der Waals surface area contributed by atoms with Crippen LogP contribution in [0.4, 0.5) is 0 Å². The average Bonchev–Trinajstić information content (AvgIpc) is 3.42. The molecule has 6 heteroatoms. The Hall–Kier alpha value is -3.25. The van der Waals surface area contributed by atoms with Crippen molar-refractivity contribution in [3.8, 4) is 11.3 Å². The second-order valence-electron chi connectivity index (χ2n) is 6.95. The Morgan fingerprint density at radius 2 is 1.73 bits per heavy atom. The van der Waals surface area contributed by atoms with E-state index in [9.17, 15) is 4.79 Å². The Labute approximate surface area is 180 Å². The third kappa shape index (κ3) is 4.83. The van der Waals surface area contributed by atoms with E-state index in [1.807, 2.05) is 83.4 Å². The molecule has 0 bridgehead atoms. The lowest BCUT2D eigenvalue weighted by Gasteiger charge is -2.21. The lowest BCUT2D eigenvalue weighted by atomic mass is 10.2. The summed E-state index contributed by atoms with van der Waals surface area (Å²) < 4.78 is 7.50. The van der Waals surface area contributed by atoms with E-state index in [4.69, 9.17) is 4.42 Å². The van der Waals surface area contributed by atoms with Crippen LogP contribution in [0.25, 0.3) is 11.3 Å². The minimum absolute atomic E-state index is 0.0458. The number of rotatable bonds is 8. The van der Waals surface area contributed by atoms with Crippen molar-refractivity contribution in [2.24, 2.45) is 7.05 Å². The predicted molar refractivity (Wildman–Crippen MR) is 119 cm³/mol. The summed E-state index contributed by atoms with van der Waals surface area (Å²) >= 11 is 1.45. The second-order valence-corrected chi connectivity index (χ2v) is 7.90. The van der Waals surface area contributed by atoms with Crippen LogP contribution in [0.5, 0.6) is 0 Å². The molecule has 0 saturated heterocycles. The predicted octanol–water partition coefficient (Wildman–Crippen LogP) is 5.00. The van der Waals surface area contributed by atoms with Gasteiger partial charge in [-0.2, -0.15) is 0 Å². The zero-order valence-corrected chi connectivity index (χ0v) is 17.6. The van der Waals surface area contributed by atoms with E-state index in [0.29, 0.717) is 18.8 Å². The number of hydrogen-bond donors (Lipinski definition) is 0. The molecular formula is C24H23N3O2S. The topological polar surface area (TPSA) is 51.3 Å². The number of amides is 1. The summed E-state index contributed by atoms with van der Waals surface area (Å²) in [5.74, 6) is 1.13. The van der Waals surface area contributed by atoms with Crippen molar-refractivity contribution in [3.63, 3.8) is 0 Å². The second kappa shape index (κ2) is 9.50. The number of imidazole rings is 1. The van der Waals surface area contributed by atoms with E-state index in [1.165, 1.54) is 11.8 Å². The molecule has 4 aromatic rings. The van der Waals surface area contributed by atoms with Crippen LogP contribution < -0.4 is 0 Å². The van der Waals surface area contributed by atoms with Crippen molar-refractivity contribution in [2.45, 2.75) is 18.2 Å². The fourth-order valence-electron chi connectivity index (χ4n) is 3.25. The average molecular weight is 418 g/mol. The summed E-state index contributed by atoms with van der Waals surface area (Å²) in [6, 6.07) is 23.9. The van der Waals surface area contributed by atoms with Crippen LogP contribution in [0, 0.1) is 0 Å². The van der Waals surface area contributed by atoms with Gasteiger partial charge in [0.1, 0.15) is 5.76 Å². The molecule has 5 nitrogen and oxygen atoms in total. The van der Waals surface area contributed by atoms with Gasteiger partial charge in [0.25, 0.3) is 0 Å². The Balaban J connectivity index is 1.45. The van der Waals surface area contributed by atoms with E-state index in [-0.39, 0.29) is 5.91 Å². The molecule has 0 atom stereocenters. The monoisotopic (exact) mass is 417 g/mol. The minimum Gasteiger partial charge on any atom is -0.467 e. The molecule has 1 amide bonds. The molecular weight excluding hydrogens is 394 g/mol. The van der Waals surface area contributed by atoms with Gasteiger partial charge < -0.3 is 13.9 Å². The highest BCUT2D eigenvalue weighted by atomic mass is 32.2. The summed E-state index contributed by atoms with van der Waals surface area (Å²) in [6.07, 6.45) is 3.49. The quantitative estimate of drug-likeness (QED) is 0.379. The lowest BCUT2D eigenvalue weighted by Crippen LogP contribution is -2.31. The zero-order valence-electron chi connectivity index (χ0n) is 16.8. The zero-order chi connectivity index (χ0) is 20.8. The third-order valence-corrected chi connectivity index (χ3v) is 5.86. The van der Waals surface area contributed by atoms with Crippen LogP contribution in [0.2, 0.25) is 0 Å². The number of carbonyl (C=O) groups excluding carboxylic acids is 1. The molecule has 0 N–H and O–H groups in total. The van der Waals surface area contributed by atoms with Crippen LogP contribution in [0.3, 0.4) is 0 Å². The SMILES string of the molecule is Cn1c(-c2ccccc2)cnc1SCC(=O)N(Cc1ccccc1)Cc1ccco1. The molecule has 0 spiro atoms. The molecule has 152 valence electrons. The van der Waals surface area contributed by atoms with Crippen LogP contribution in [-0.2, 0) is 24.9 Å². The third-order valence-electron chi connectivity index (χ3n) is 4.84. The first kappa shape index (κ1) is 20.0. The maximum atomic E-state index is 13.1. The van der Waals surface area contributed by atoms with E-state index < -0.39 is 0 Å². The van der Waals surface area contributed by atoms with Gasteiger partial charge in [-0.15, -0.1) is 0 Å². The minimum atomic E-state index is 0.0458. The number of aromatic nitrogens is 2. The number of thioether (sulfide) groups is 1. The van der Waals surface area contributed by atoms with Gasteiger partial charge in [0.05, 0.1) is 30.5 Å². The molecule has 2 heterocycles. The molecule has 2 aromatic carbocycles. The van der Waals surface area contributed by atoms with Gasteiger partial charge in [0.2, 0.25) is 5.91 Å². The Kier molecular flexibility index (Phi) is 6.35. The smallest absolute Gasteiger partial charge is 0.233 e. The molecule has 0 unspecified atom stereocenters. The van der Waals surface area contributed by atoms with Crippen molar-refractivity contribution >= 4 is 17.7 Å². The highest BCUT2D eigenvalue weighted by molar-refractivity contribution is 7.99. The van der Waals surface area contributed by atoms with Gasteiger partial charge >= 0.3 is 0 Å². The fourth-order valence-corrected chi connectivity index (χ4v) is 4.10. The number of carbonyl (C=O) groups is 1. The van der Waals surface area contributed by atoms with Crippen molar-refractivity contribution in [2.75, 3.05) is 5.75 Å². The van der Waals surface area contributed by atoms with Gasteiger partial charge in [-0.25, -0.2) is 4.98 Å². The van der Waals surface area contributed by atoms with Gasteiger partial charge in [-0.3, -0.25) is 4.79 Å². The van der Waals surface area contributed by atoms with E-state index in [1.54, 1.807) is 6.26 Å². The Morgan fingerprint density at radius 3 is 2.43 bits per heavy atom. The molecule has 0 radical (unpaired) electrons. The Morgan fingerprint density at radius 1 is 1.00 bits per heavy atom. The summed E-state index contributed by atoms with van der Waals surface area (Å²) in [5, 5.41) is 0.819. The van der Waals surface area contributed by atoms with Crippen LogP contribution in [0.1, 0.15) is 11.3 Å². The molecule has 30 heavy (non-hydrogen) atoms. The molecule has 0 aliphatic rings. The molecule has 2 aromatic heterocycles. The highest BCUT2D eigenvalue weighted by Gasteiger charge is 2.18. The van der Waals surface area contributed by atoms with Crippen LogP contribution >= 0.6 is 11.8 Å². The lowest BCUT2D eigenvalue weighted by molar-refractivity contribution is -0.129. The molecule has 0 aliphatic carbocycles. The molecule has 0 fully saturated rings. The standard InChI is InChI=1S/C24H23N3O2S/c1-26-22(20-11-6-3-7-12-20)15-25-24(26)30-18-23(28)27(17-21-13-8-14-29-21)16-19-9-4-2-5-10-19/h2-15H,16-18H2,1H3. The number of benzene rings is 2. The van der Waals surface area contributed by atoms with Crippen molar-refractivity contribution in [3.05, 3.63) is 96.6 Å². The van der Waals surface area contributed by atoms with Gasteiger partial charge in [0.15, 0.2) is 5.16 Å². The number of hydrogen-bond acceptors (Lipinski definition) is 4. The number of nitrogens with zero attached hydrogens (tertiary/aromatic N) is 3. The van der Waals surface area contributed by atoms with Gasteiger partial charge in [0, 0.05) is 13.6 Å². The maximum Gasteiger partial charge on any atom is 0.233 e. The maximum absolute atomic E-state index is 13.1. The summed E-state index contributed by atoms with van der Waals surface area (Å²) in [5.41, 5.74) is 3.22. The normalized spacial score (nSPS) is 10.8. The molecule has 4 rings (SSSR count). The largest absolute Gasteiger partial charge is 0.467 e. The Bertz CT molecular complexity index is 1080. The summed E-state index contributed by atoms with van der Waals surface area (Å²) in [7, 11) is 1.98. The number of furan rings is 1. The van der Waals surface area contributed by atoms with E-state index in [0.717, 1.165) is 27.7 Å². The van der Waals surface area contributed by atoms with Crippen molar-refractivity contribution in [1.29, 1.82) is 0 Å². The first-order valence-electron chi connectivity index (χ1n) is 9.75. The first-order chi connectivity index (χ1) is 14.7. The van der Waals surface area contributed by atoms with Gasteiger partial charge in [-0.1, -0.05) is 72.4 Å². The van der Waals surface area contributed by atoms with E-state index >= 15 is 0 Å². The van der Waals surface area contributed by atoms with Crippen LogP contribution in [0.15, 0.2) is 94.8 Å². The fraction of sp³-hybridized carbons (Fsp3) is 0.167. The molecule has 0 saturated carbocycles. The summed E-state index contributed by atoms with van der Waals surface area (Å²) in [4.78, 5) is 19.4.